The molecule has 0 aliphatic rings. The van der Waals surface area contributed by atoms with Gasteiger partial charge < -0.3 is 5.32 Å². The van der Waals surface area contributed by atoms with Crippen molar-refractivity contribution in [3.8, 4) is 0 Å². The Morgan fingerprint density at radius 3 is 2.67 bits per heavy atom. The summed E-state index contributed by atoms with van der Waals surface area (Å²) >= 11 is 8.84. The minimum absolute atomic E-state index is 0.0384. The summed E-state index contributed by atoms with van der Waals surface area (Å²) in [5.41, 5.74) is 2.18. The van der Waals surface area contributed by atoms with Crippen molar-refractivity contribution in [1.29, 1.82) is 0 Å². The van der Waals surface area contributed by atoms with E-state index in [0.717, 1.165) is 39.0 Å². The van der Waals surface area contributed by atoms with E-state index in [2.05, 4.69) is 62.9 Å². The van der Waals surface area contributed by atoms with Crippen molar-refractivity contribution in [3.05, 3.63) is 42.5 Å². The Kier molecular flexibility index (Phi) is 6.34. The lowest BCUT2D eigenvalue weighted by atomic mass is 10.2. The van der Waals surface area contributed by atoms with Gasteiger partial charge in [-0.15, -0.1) is 11.3 Å². The van der Waals surface area contributed by atoms with Crippen molar-refractivity contribution in [1.82, 2.24) is 15.3 Å². The molecule has 1 N–H and O–H groups in total. The zero-order valence-corrected chi connectivity index (χ0v) is 16.4. The molecule has 2 aromatic heterocycles. The fraction of sp³-hybridized carbons (Fsp3) is 0.467. The smallest absolute Gasteiger partial charge is 0.116 e. The SMILES string of the molecule is CCCNC(c1nc(CC)c(C)s1)c1ncc(Br)cc1Br. The number of hydrogen-bond donors (Lipinski definition) is 1. The highest BCUT2D eigenvalue weighted by Gasteiger charge is 2.22. The van der Waals surface area contributed by atoms with Crippen molar-refractivity contribution in [2.24, 2.45) is 0 Å². The second-order valence-corrected chi connectivity index (χ2v) is 7.82. The van der Waals surface area contributed by atoms with E-state index in [1.54, 1.807) is 11.3 Å². The van der Waals surface area contributed by atoms with Crippen LogP contribution in [0.2, 0.25) is 0 Å². The van der Waals surface area contributed by atoms with E-state index in [-0.39, 0.29) is 6.04 Å². The van der Waals surface area contributed by atoms with Crippen LogP contribution in [-0.4, -0.2) is 16.5 Å². The molecule has 0 spiro atoms. The number of thiazole rings is 1. The lowest BCUT2D eigenvalue weighted by Crippen LogP contribution is -2.24. The highest BCUT2D eigenvalue weighted by Crippen LogP contribution is 2.32. The number of rotatable bonds is 6. The van der Waals surface area contributed by atoms with E-state index < -0.39 is 0 Å². The first-order chi connectivity index (χ1) is 10.1. The Morgan fingerprint density at radius 1 is 1.33 bits per heavy atom. The summed E-state index contributed by atoms with van der Waals surface area (Å²) in [5, 5.41) is 4.66. The van der Waals surface area contributed by atoms with Gasteiger partial charge in [-0.3, -0.25) is 4.98 Å². The van der Waals surface area contributed by atoms with Crippen molar-refractivity contribution < 1.29 is 0 Å². The van der Waals surface area contributed by atoms with Gasteiger partial charge in [0.15, 0.2) is 0 Å². The van der Waals surface area contributed by atoms with Gasteiger partial charge in [-0.25, -0.2) is 4.98 Å². The number of nitrogens with zero attached hydrogens (tertiary/aromatic N) is 2. The molecule has 0 bridgehead atoms. The van der Waals surface area contributed by atoms with E-state index in [1.165, 1.54) is 10.6 Å². The summed E-state index contributed by atoms with van der Waals surface area (Å²) in [5.74, 6) is 0. The molecule has 2 heterocycles. The number of aryl methyl sites for hydroxylation is 2. The number of nitrogens with one attached hydrogen (secondary N) is 1. The lowest BCUT2D eigenvalue weighted by Gasteiger charge is -2.17. The maximum atomic E-state index is 4.80. The molecule has 3 nitrogen and oxygen atoms in total. The molecule has 2 rings (SSSR count). The minimum Gasteiger partial charge on any atom is -0.303 e. The third kappa shape index (κ3) is 4.12. The maximum Gasteiger partial charge on any atom is 0.116 e. The van der Waals surface area contributed by atoms with Gasteiger partial charge in [0.1, 0.15) is 11.0 Å². The Hall–Kier alpha value is -0.300. The predicted molar refractivity (Wildman–Crippen MR) is 96.0 cm³/mol. The van der Waals surface area contributed by atoms with E-state index in [4.69, 9.17) is 4.98 Å². The first-order valence-electron chi connectivity index (χ1n) is 7.07. The summed E-state index contributed by atoms with van der Waals surface area (Å²) < 4.78 is 1.97. The molecule has 0 amide bonds. The molecule has 0 fully saturated rings. The zero-order chi connectivity index (χ0) is 15.4. The molecule has 2 aromatic rings. The molecule has 1 unspecified atom stereocenters. The van der Waals surface area contributed by atoms with Crippen LogP contribution in [0.4, 0.5) is 0 Å². The van der Waals surface area contributed by atoms with Crippen molar-refractivity contribution in [2.75, 3.05) is 6.54 Å². The van der Waals surface area contributed by atoms with Gasteiger partial charge in [0.05, 0.1) is 11.4 Å². The van der Waals surface area contributed by atoms with Gasteiger partial charge in [0, 0.05) is 20.0 Å². The molecule has 0 radical (unpaired) electrons. The normalized spacial score (nSPS) is 12.6. The third-order valence-corrected chi connectivity index (χ3v) is 5.35. The fourth-order valence-corrected chi connectivity index (χ4v) is 4.44. The lowest BCUT2D eigenvalue weighted by molar-refractivity contribution is 0.580. The average Bonchev–Trinajstić information content (AvgIpc) is 2.82. The van der Waals surface area contributed by atoms with Crippen molar-refractivity contribution in [3.63, 3.8) is 0 Å². The molecular formula is C15H19Br2N3S. The summed E-state index contributed by atoms with van der Waals surface area (Å²) in [6.45, 7) is 7.39. The van der Waals surface area contributed by atoms with Gasteiger partial charge in [0.2, 0.25) is 0 Å². The molecule has 0 saturated carbocycles. The van der Waals surface area contributed by atoms with Crippen LogP contribution in [0.3, 0.4) is 0 Å². The first-order valence-corrected chi connectivity index (χ1v) is 9.47. The molecule has 0 aliphatic heterocycles. The molecule has 0 aromatic carbocycles. The number of aromatic nitrogens is 2. The Labute approximate surface area is 146 Å². The summed E-state index contributed by atoms with van der Waals surface area (Å²) in [6, 6.07) is 2.07. The van der Waals surface area contributed by atoms with Crippen LogP contribution in [0.25, 0.3) is 0 Å². The molecule has 0 saturated heterocycles. The molecule has 1 atom stereocenters. The van der Waals surface area contributed by atoms with E-state index in [9.17, 15) is 0 Å². The van der Waals surface area contributed by atoms with E-state index in [0.29, 0.717) is 0 Å². The quantitative estimate of drug-likeness (QED) is 0.695. The monoisotopic (exact) mass is 431 g/mol. The Morgan fingerprint density at radius 2 is 2.10 bits per heavy atom. The molecule has 6 heteroatoms. The standard InChI is InChI=1S/C15H19Br2N3S/c1-4-6-18-14(13-11(17)7-10(16)8-19-13)15-20-12(5-2)9(3)21-15/h7-8,14,18H,4-6H2,1-3H3. The van der Waals surface area contributed by atoms with E-state index >= 15 is 0 Å². The van der Waals surface area contributed by atoms with Crippen LogP contribution in [0.5, 0.6) is 0 Å². The summed E-state index contributed by atoms with van der Waals surface area (Å²) in [7, 11) is 0. The number of pyridine rings is 1. The van der Waals surface area contributed by atoms with Gasteiger partial charge in [0.25, 0.3) is 0 Å². The Balaban J connectivity index is 2.41. The molecular weight excluding hydrogens is 414 g/mol. The van der Waals surface area contributed by atoms with Gasteiger partial charge >= 0.3 is 0 Å². The summed E-state index contributed by atoms with van der Waals surface area (Å²) in [4.78, 5) is 10.7. The van der Waals surface area contributed by atoms with Crippen LogP contribution in [0.15, 0.2) is 21.2 Å². The largest absolute Gasteiger partial charge is 0.303 e. The number of hydrogen-bond acceptors (Lipinski definition) is 4. The predicted octanol–water partition coefficient (Wildman–Crippen LogP) is 5.02. The van der Waals surface area contributed by atoms with Crippen molar-refractivity contribution in [2.45, 2.75) is 39.7 Å². The van der Waals surface area contributed by atoms with Crippen LogP contribution in [0.1, 0.15) is 47.6 Å². The van der Waals surface area contributed by atoms with Crippen molar-refractivity contribution >= 4 is 43.2 Å². The second kappa shape index (κ2) is 7.81. The first kappa shape index (κ1) is 17.1. The fourth-order valence-electron chi connectivity index (χ4n) is 2.13. The average molecular weight is 433 g/mol. The highest BCUT2D eigenvalue weighted by molar-refractivity contribution is 9.11. The third-order valence-electron chi connectivity index (χ3n) is 3.20. The summed E-state index contributed by atoms with van der Waals surface area (Å²) in [6.07, 6.45) is 3.88. The maximum absolute atomic E-state index is 4.80. The minimum atomic E-state index is 0.0384. The zero-order valence-electron chi connectivity index (χ0n) is 12.4. The molecule has 114 valence electrons. The second-order valence-electron chi connectivity index (χ2n) is 4.82. The van der Waals surface area contributed by atoms with Crippen LogP contribution < -0.4 is 5.32 Å². The topological polar surface area (TPSA) is 37.8 Å². The van der Waals surface area contributed by atoms with Crippen LogP contribution in [0, 0.1) is 6.92 Å². The van der Waals surface area contributed by atoms with Gasteiger partial charge in [-0.05, 0) is 64.2 Å². The van der Waals surface area contributed by atoms with Crippen LogP contribution in [-0.2, 0) is 6.42 Å². The van der Waals surface area contributed by atoms with E-state index in [1.807, 2.05) is 12.3 Å². The highest BCUT2D eigenvalue weighted by atomic mass is 79.9. The van der Waals surface area contributed by atoms with Crippen LogP contribution >= 0.6 is 43.2 Å². The number of halogens is 2. The molecule has 0 aliphatic carbocycles. The molecule has 21 heavy (non-hydrogen) atoms. The van der Waals surface area contributed by atoms with Gasteiger partial charge in [-0.2, -0.15) is 0 Å². The Bertz CT molecular complexity index is 613. The van der Waals surface area contributed by atoms with Gasteiger partial charge in [-0.1, -0.05) is 13.8 Å².